The number of ether oxygens (including phenoxy) is 1. The Morgan fingerprint density at radius 3 is 1.43 bits per heavy atom. The molecule has 1 fully saturated rings. The van der Waals surface area contributed by atoms with Crippen LogP contribution in [0.2, 0.25) is 0 Å². The smallest absolute Gasteiger partial charge is 0.351 e. The van der Waals surface area contributed by atoms with Gasteiger partial charge in [0.15, 0.2) is 5.41 Å². The highest BCUT2D eigenvalue weighted by atomic mass is 31.2. The van der Waals surface area contributed by atoms with E-state index in [1.165, 1.54) is 0 Å². The van der Waals surface area contributed by atoms with Crippen LogP contribution in [0.25, 0.3) is 0 Å². The van der Waals surface area contributed by atoms with Crippen LogP contribution in [0.1, 0.15) is 68.7 Å². The van der Waals surface area contributed by atoms with E-state index in [0.717, 1.165) is 0 Å². The van der Waals surface area contributed by atoms with Crippen LogP contribution in [0, 0.1) is 16.7 Å². The van der Waals surface area contributed by atoms with Crippen LogP contribution in [0.15, 0.2) is 0 Å². The summed E-state index contributed by atoms with van der Waals surface area (Å²) < 4.78 is 56.5. The summed E-state index contributed by atoms with van der Waals surface area (Å²) in [7, 11) is -8.82. The SMILES string of the molecule is CCOC(=O)C1(C#N)CC1(P(=O)(OC(C)C)OC(C)C)P(=O)(OC(C)C)OC(C)C. The fourth-order valence-electron chi connectivity index (χ4n) is 3.31. The lowest BCUT2D eigenvalue weighted by Gasteiger charge is -2.37. The van der Waals surface area contributed by atoms with Crippen molar-refractivity contribution in [3.05, 3.63) is 0 Å². The first-order valence-electron chi connectivity index (χ1n) is 10.2. The summed E-state index contributed by atoms with van der Waals surface area (Å²) in [4.78, 5) is 10.8. The van der Waals surface area contributed by atoms with Gasteiger partial charge in [-0.15, -0.1) is 0 Å². The largest absolute Gasteiger partial charge is 0.465 e. The monoisotopic (exact) mass is 467 g/mol. The van der Waals surface area contributed by atoms with Gasteiger partial charge in [0.05, 0.1) is 37.1 Å². The molecule has 0 spiro atoms. The number of esters is 1. The lowest BCUT2D eigenvalue weighted by atomic mass is 10.1. The third kappa shape index (κ3) is 4.85. The fourth-order valence-corrected chi connectivity index (χ4v) is 10.2. The molecule has 0 amide bonds. The van der Waals surface area contributed by atoms with E-state index in [1.807, 2.05) is 6.07 Å². The standard InChI is InChI=1S/C19H35NO8P2/c1-10-24-17(21)18(12-20)11-19(18,29(22,25-13(2)3)26-14(4)5)30(23,27-15(6)7)28-16(8)9/h13-16H,10-11H2,1-9H3. The average Bonchev–Trinajstić information content (AvgIpc) is 3.25. The number of nitriles is 1. The van der Waals surface area contributed by atoms with Crippen molar-refractivity contribution in [2.45, 2.75) is 98.0 Å². The van der Waals surface area contributed by atoms with Gasteiger partial charge in [-0.25, -0.2) is 0 Å². The minimum atomic E-state index is -4.41. The van der Waals surface area contributed by atoms with Crippen molar-refractivity contribution in [1.82, 2.24) is 0 Å². The predicted molar refractivity (Wildman–Crippen MR) is 112 cm³/mol. The number of hydrogen-bond donors (Lipinski definition) is 0. The number of carbonyl (C=O) groups excluding carboxylic acids is 1. The van der Waals surface area contributed by atoms with Crippen molar-refractivity contribution in [2.24, 2.45) is 5.41 Å². The number of carbonyl (C=O) groups is 1. The van der Waals surface area contributed by atoms with Gasteiger partial charge in [-0.2, -0.15) is 5.26 Å². The quantitative estimate of drug-likeness (QED) is 0.280. The molecule has 11 heteroatoms. The molecule has 1 rings (SSSR count). The van der Waals surface area contributed by atoms with Crippen molar-refractivity contribution < 1.29 is 36.8 Å². The normalized spacial score (nSPS) is 21.3. The van der Waals surface area contributed by atoms with E-state index < -0.39 is 55.9 Å². The summed E-state index contributed by atoms with van der Waals surface area (Å²) in [5.74, 6) is -0.952. The Labute approximate surface area is 179 Å². The van der Waals surface area contributed by atoms with E-state index in [-0.39, 0.29) is 13.0 Å². The Hall–Kier alpha value is -0.740. The molecule has 0 N–H and O–H groups in total. The summed E-state index contributed by atoms with van der Waals surface area (Å²) in [5.41, 5.74) is -2.05. The van der Waals surface area contributed by atoms with Crippen LogP contribution in [0.4, 0.5) is 0 Å². The Morgan fingerprint density at radius 1 is 0.867 bits per heavy atom. The minimum Gasteiger partial charge on any atom is -0.465 e. The Balaban J connectivity index is 3.90. The zero-order chi connectivity index (χ0) is 23.5. The summed E-state index contributed by atoms with van der Waals surface area (Å²) in [6.45, 7) is 14.6. The highest BCUT2D eigenvalue weighted by Crippen LogP contribution is 2.94. The summed E-state index contributed by atoms with van der Waals surface area (Å²) in [5, 5.41) is 10.0. The predicted octanol–water partition coefficient (Wildman–Crippen LogP) is 5.25. The lowest BCUT2D eigenvalue weighted by Crippen LogP contribution is -2.34. The Bertz CT molecular complexity index is 692. The number of rotatable bonds is 12. The first-order valence-corrected chi connectivity index (χ1v) is 13.3. The van der Waals surface area contributed by atoms with Gasteiger partial charge in [0.25, 0.3) is 0 Å². The second-order valence-electron chi connectivity index (χ2n) is 8.34. The Morgan fingerprint density at radius 2 is 1.20 bits per heavy atom. The van der Waals surface area contributed by atoms with Gasteiger partial charge in [-0.3, -0.25) is 13.9 Å². The van der Waals surface area contributed by atoms with Crippen molar-refractivity contribution in [2.75, 3.05) is 6.61 Å². The maximum absolute atomic E-state index is 14.3. The molecule has 0 aromatic carbocycles. The molecule has 1 aliphatic rings. The first kappa shape index (κ1) is 27.3. The van der Waals surface area contributed by atoms with E-state index in [1.54, 1.807) is 62.3 Å². The van der Waals surface area contributed by atoms with Gasteiger partial charge in [-0.1, -0.05) is 0 Å². The minimum absolute atomic E-state index is 0.0148. The van der Waals surface area contributed by atoms with Crippen molar-refractivity contribution in [3.8, 4) is 6.07 Å². The molecule has 9 nitrogen and oxygen atoms in total. The third-order valence-electron chi connectivity index (χ3n) is 4.19. The van der Waals surface area contributed by atoms with Crippen LogP contribution < -0.4 is 0 Å². The molecule has 1 atom stereocenters. The summed E-state index contributed by atoms with van der Waals surface area (Å²) in [6.07, 6.45) is -2.84. The second-order valence-corrected chi connectivity index (χ2v) is 13.1. The molecule has 0 aliphatic heterocycles. The maximum atomic E-state index is 14.3. The van der Waals surface area contributed by atoms with E-state index >= 15 is 0 Å². The molecule has 0 radical (unpaired) electrons. The molecule has 1 unspecified atom stereocenters. The van der Waals surface area contributed by atoms with Gasteiger partial charge in [0.1, 0.15) is 0 Å². The molecule has 174 valence electrons. The van der Waals surface area contributed by atoms with Crippen molar-refractivity contribution in [3.63, 3.8) is 0 Å². The van der Waals surface area contributed by atoms with E-state index in [2.05, 4.69) is 0 Å². The van der Waals surface area contributed by atoms with Gasteiger partial charge in [0, 0.05) is 6.42 Å². The van der Waals surface area contributed by atoms with Crippen LogP contribution in [0.5, 0.6) is 0 Å². The highest BCUT2D eigenvalue weighted by Gasteiger charge is 2.92. The second kappa shape index (κ2) is 9.81. The van der Waals surface area contributed by atoms with Crippen molar-refractivity contribution >= 4 is 21.2 Å². The van der Waals surface area contributed by atoms with Crippen molar-refractivity contribution in [1.29, 1.82) is 5.26 Å². The first-order chi connectivity index (χ1) is 13.7. The van der Waals surface area contributed by atoms with E-state index in [4.69, 9.17) is 22.8 Å². The fraction of sp³-hybridized carbons (Fsp3) is 0.895. The Kier molecular flexibility index (Phi) is 8.93. The molecule has 0 heterocycles. The molecular formula is C19H35NO8P2. The molecule has 0 aromatic rings. The molecule has 0 bridgehead atoms. The molecule has 30 heavy (non-hydrogen) atoms. The van der Waals surface area contributed by atoms with Crippen LogP contribution >= 0.6 is 15.2 Å². The van der Waals surface area contributed by atoms with Crippen LogP contribution in [0.3, 0.4) is 0 Å². The van der Waals surface area contributed by atoms with E-state index in [9.17, 15) is 19.2 Å². The van der Waals surface area contributed by atoms with Crippen LogP contribution in [-0.4, -0.2) is 41.9 Å². The third-order valence-corrected chi connectivity index (χ3v) is 11.3. The highest BCUT2D eigenvalue weighted by molar-refractivity contribution is 7.75. The van der Waals surface area contributed by atoms with Gasteiger partial charge in [-0.05, 0) is 62.3 Å². The molecule has 1 aliphatic carbocycles. The van der Waals surface area contributed by atoms with Gasteiger partial charge >= 0.3 is 21.2 Å². The van der Waals surface area contributed by atoms with Gasteiger partial charge < -0.3 is 22.8 Å². The lowest BCUT2D eigenvalue weighted by molar-refractivity contribution is -0.147. The molecular weight excluding hydrogens is 432 g/mol. The summed E-state index contributed by atoms with van der Waals surface area (Å²) >= 11 is 0. The van der Waals surface area contributed by atoms with E-state index in [0.29, 0.717) is 0 Å². The average molecular weight is 467 g/mol. The number of hydrogen-bond acceptors (Lipinski definition) is 9. The zero-order valence-electron chi connectivity index (χ0n) is 19.3. The topological polar surface area (TPSA) is 121 Å². The summed E-state index contributed by atoms with van der Waals surface area (Å²) in [6, 6.07) is 1.89. The van der Waals surface area contributed by atoms with Crippen LogP contribution in [-0.2, 0) is 36.8 Å². The molecule has 1 saturated carbocycles. The zero-order valence-corrected chi connectivity index (χ0v) is 21.1. The molecule has 0 aromatic heterocycles. The maximum Gasteiger partial charge on any atom is 0.351 e. The molecule has 0 saturated heterocycles. The van der Waals surface area contributed by atoms with Gasteiger partial charge in [0.2, 0.25) is 4.90 Å². The number of nitrogens with zero attached hydrogens (tertiary/aromatic N) is 1.